The fourth-order valence-corrected chi connectivity index (χ4v) is 4.96. The van der Waals surface area contributed by atoms with Crippen LogP contribution in [0.4, 0.5) is 0 Å². The topological polar surface area (TPSA) is 60.5 Å². The number of halogens is 1. The number of para-hydroxylation sites is 1. The Hall–Kier alpha value is -3.38. The Morgan fingerprint density at radius 3 is 2.33 bits per heavy atom. The fourth-order valence-electron chi connectivity index (χ4n) is 4.56. The zero-order chi connectivity index (χ0) is 30.3. The molecule has 0 fully saturated rings. The first-order chi connectivity index (χ1) is 20.0. The van der Waals surface area contributed by atoms with Crippen molar-refractivity contribution in [3.8, 4) is 22.8 Å². The van der Waals surface area contributed by atoms with Crippen LogP contribution < -0.4 is 14.8 Å². The minimum Gasteiger partial charge on any atom is -0.488 e. The number of carbonyl (C=O) groups is 1. The molecule has 5 nitrogen and oxygen atoms in total. The van der Waals surface area contributed by atoms with E-state index in [2.05, 4.69) is 68.9 Å². The molecule has 0 atom stereocenters. The normalized spacial score (nSPS) is 11.9. The van der Waals surface area contributed by atoms with Crippen LogP contribution in [0.3, 0.4) is 0 Å². The molecule has 1 heterocycles. The minimum atomic E-state index is -0.274. The van der Waals surface area contributed by atoms with Crippen LogP contribution in [0.2, 0.25) is 0 Å². The first kappa shape index (κ1) is 31.6. The molecule has 1 aromatic heterocycles. The molecular formula is C36H43BrN2O3. The average Bonchev–Trinajstić information content (AvgIpc) is 2.97. The van der Waals surface area contributed by atoms with Gasteiger partial charge in [-0.3, -0.25) is 4.79 Å². The number of unbranched alkanes of at least 4 members (excludes halogenated alkanes) is 1. The van der Waals surface area contributed by atoms with Gasteiger partial charge in [0.2, 0.25) is 0 Å². The largest absolute Gasteiger partial charge is 0.488 e. The van der Waals surface area contributed by atoms with Crippen molar-refractivity contribution in [3.63, 3.8) is 0 Å². The smallest absolute Gasteiger partial charge is 0.252 e. The summed E-state index contributed by atoms with van der Waals surface area (Å²) in [5, 5.41) is 3.99. The van der Waals surface area contributed by atoms with Crippen molar-refractivity contribution in [3.05, 3.63) is 88.4 Å². The first-order valence-corrected chi connectivity index (χ1v) is 15.7. The van der Waals surface area contributed by atoms with Crippen LogP contribution >= 0.6 is 15.9 Å². The van der Waals surface area contributed by atoms with E-state index in [4.69, 9.17) is 14.5 Å². The number of carbonyl (C=O) groups excluding carboxylic acids is 1. The number of ether oxygens (including phenoxy) is 2. The Morgan fingerprint density at radius 1 is 0.857 bits per heavy atom. The Morgan fingerprint density at radius 2 is 1.60 bits per heavy atom. The lowest BCUT2D eigenvalue weighted by atomic mass is 10.0. The second-order valence-corrected chi connectivity index (χ2v) is 12.9. The number of hydrogen-bond acceptors (Lipinski definition) is 4. The van der Waals surface area contributed by atoms with E-state index in [1.54, 1.807) is 0 Å². The molecule has 0 radical (unpaired) electrons. The summed E-state index contributed by atoms with van der Waals surface area (Å²) < 4.78 is 13.7. The van der Waals surface area contributed by atoms with Gasteiger partial charge in [-0.2, -0.15) is 0 Å². The number of benzene rings is 3. The third-order valence-corrected chi connectivity index (χ3v) is 8.25. The van der Waals surface area contributed by atoms with Crippen LogP contribution in [0.1, 0.15) is 83.1 Å². The third-order valence-electron chi connectivity index (χ3n) is 7.76. The Bertz CT molecular complexity index is 1530. The Kier molecular flexibility index (Phi) is 10.3. The molecule has 0 spiro atoms. The number of rotatable bonds is 13. The van der Waals surface area contributed by atoms with Crippen LogP contribution in [0, 0.1) is 0 Å². The molecule has 4 aromatic rings. The second-order valence-electron chi connectivity index (χ2n) is 12.0. The highest BCUT2D eigenvalue weighted by molar-refractivity contribution is 9.10. The summed E-state index contributed by atoms with van der Waals surface area (Å²) in [6, 6.07) is 23.9. The standard InChI is InChI=1S/C36H43BrN2O3/c1-7-35(3,4)41-28-20-19-25(33(23-28)42-36(5,6)8-2)14-11-12-21-38-34(40)30-24-32(26-15-13-16-27(37)22-26)39-31-18-10-9-17-29(30)31/h9-10,13,15-20,22-24H,7-8,11-12,14,21H2,1-6H3,(H,38,40). The van der Waals surface area contributed by atoms with E-state index >= 15 is 0 Å². The van der Waals surface area contributed by atoms with Gasteiger partial charge in [0.15, 0.2) is 0 Å². The molecule has 0 saturated heterocycles. The van der Waals surface area contributed by atoms with Gasteiger partial charge >= 0.3 is 0 Å². The van der Waals surface area contributed by atoms with E-state index in [9.17, 15) is 4.79 Å². The van der Waals surface area contributed by atoms with Crippen LogP contribution in [0.5, 0.6) is 11.5 Å². The van der Waals surface area contributed by atoms with Gasteiger partial charge in [-0.25, -0.2) is 4.98 Å². The molecule has 0 saturated carbocycles. The van der Waals surface area contributed by atoms with E-state index in [1.165, 1.54) is 0 Å². The summed E-state index contributed by atoms with van der Waals surface area (Å²) >= 11 is 3.54. The van der Waals surface area contributed by atoms with Gasteiger partial charge in [0.1, 0.15) is 22.7 Å². The van der Waals surface area contributed by atoms with Gasteiger partial charge in [0, 0.05) is 28.0 Å². The summed E-state index contributed by atoms with van der Waals surface area (Å²) in [7, 11) is 0. The fraction of sp³-hybridized carbons (Fsp3) is 0.389. The van der Waals surface area contributed by atoms with Crippen molar-refractivity contribution < 1.29 is 14.3 Å². The number of aromatic nitrogens is 1. The Balaban J connectivity index is 1.43. The molecule has 0 aliphatic heterocycles. The zero-order valence-electron chi connectivity index (χ0n) is 25.7. The molecule has 3 aromatic carbocycles. The maximum absolute atomic E-state index is 13.4. The molecule has 222 valence electrons. The van der Waals surface area contributed by atoms with Crippen molar-refractivity contribution in [2.45, 2.75) is 84.8 Å². The number of pyridine rings is 1. The number of aryl methyl sites for hydroxylation is 1. The van der Waals surface area contributed by atoms with Crippen molar-refractivity contribution in [1.29, 1.82) is 0 Å². The van der Waals surface area contributed by atoms with Crippen LogP contribution in [-0.2, 0) is 6.42 Å². The van der Waals surface area contributed by atoms with E-state index in [0.29, 0.717) is 12.1 Å². The van der Waals surface area contributed by atoms with Crippen LogP contribution in [-0.4, -0.2) is 28.6 Å². The summed E-state index contributed by atoms with van der Waals surface area (Å²) in [6.45, 7) is 13.3. The summed E-state index contributed by atoms with van der Waals surface area (Å²) in [6.07, 6.45) is 4.44. The van der Waals surface area contributed by atoms with E-state index < -0.39 is 0 Å². The lowest BCUT2D eigenvalue weighted by Gasteiger charge is -2.29. The van der Waals surface area contributed by atoms with Gasteiger partial charge < -0.3 is 14.8 Å². The molecule has 0 unspecified atom stereocenters. The summed E-state index contributed by atoms with van der Waals surface area (Å²) in [5.74, 6) is 1.61. The van der Waals surface area contributed by atoms with Crippen LogP contribution in [0.15, 0.2) is 77.3 Å². The van der Waals surface area contributed by atoms with Crippen molar-refractivity contribution >= 4 is 32.7 Å². The molecular weight excluding hydrogens is 588 g/mol. The quantitative estimate of drug-likeness (QED) is 0.149. The van der Waals surface area contributed by atoms with Gasteiger partial charge in [0.05, 0.1) is 16.8 Å². The van der Waals surface area contributed by atoms with Crippen molar-refractivity contribution in [2.24, 2.45) is 0 Å². The molecule has 6 heteroatoms. The molecule has 0 aliphatic carbocycles. The highest BCUT2D eigenvalue weighted by Crippen LogP contribution is 2.33. The lowest BCUT2D eigenvalue weighted by Crippen LogP contribution is -2.28. The van der Waals surface area contributed by atoms with E-state index in [1.807, 2.05) is 66.7 Å². The highest BCUT2D eigenvalue weighted by Gasteiger charge is 2.22. The maximum Gasteiger partial charge on any atom is 0.252 e. The molecule has 0 bridgehead atoms. The van der Waals surface area contributed by atoms with E-state index in [0.717, 1.165) is 75.8 Å². The van der Waals surface area contributed by atoms with Gasteiger partial charge in [-0.15, -0.1) is 0 Å². The zero-order valence-corrected chi connectivity index (χ0v) is 27.3. The third kappa shape index (κ3) is 8.34. The minimum absolute atomic E-state index is 0.0846. The molecule has 1 N–H and O–H groups in total. The number of fused-ring (bicyclic) bond motifs is 1. The monoisotopic (exact) mass is 630 g/mol. The second kappa shape index (κ2) is 13.7. The molecule has 1 amide bonds. The molecule has 0 aliphatic rings. The van der Waals surface area contributed by atoms with Gasteiger partial charge in [-0.1, -0.05) is 66.2 Å². The lowest BCUT2D eigenvalue weighted by molar-refractivity contribution is 0.0942. The van der Waals surface area contributed by atoms with Crippen molar-refractivity contribution in [2.75, 3.05) is 6.54 Å². The van der Waals surface area contributed by atoms with Crippen molar-refractivity contribution in [1.82, 2.24) is 10.3 Å². The number of nitrogens with zero attached hydrogens (tertiary/aromatic N) is 1. The van der Waals surface area contributed by atoms with Crippen LogP contribution in [0.25, 0.3) is 22.2 Å². The number of amides is 1. The number of nitrogens with one attached hydrogen (secondary N) is 1. The maximum atomic E-state index is 13.4. The molecule has 42 heavy (non-hydrogen) atoms. The number of hydrogen-bond donors (Lipinski definition) is 1. The summed E-state index contributed by atoms with van der Waals surface area (Å²) in [5.41, 5.74) is 3.82. The SMILES string of the molecule is CCC(C)(C)Oc1ccc(CCCCNC(=O)c2cc(-c3cccc(Br)c3)nc3ccccc23)c(OC(C)(C)CC)c1. The predicted octanol–water partition coefficient (Wildman–Crippen LogP) is 9.55. The van der Waals surface area contributed by atoms with E-state index in [-0.39, 0.29) is 17.1 Å². The average molecular weight is 632 g/mol. The highest BCUT2D eigenvalue weighted by atomic mass is 79.9. The predicted molar refractivity (Wildman–Crippen MR) is 177 cm³/mol. The van der Waals surface area contributed by atoms with Gasteiger partial charge in [-0.05, 0) is 95.7 Å². The summed E-state index contributed by atoms with van der Waals surface area (Å²) in [4.78, 5) is 18.2. The molecule has 4 rings (SSSR count). The Labute approximate surface area is 259 Å². The van der Waals surface area contributed by atoms with Gasteiger partial charge in [0.25, 0.3) is 5.91 Å². The first-order valence-electron chi connectivity index (χ1n) is 14.9.